The molecule has 8 heteroatoms. The Morgan fingerprint density at radius 2 is 1.86 bits per heavy atom. The zero-order valence-electron chi connectivity index (χ0n) is 19.2. The molecule has 1 aliphatic rings. The molecule has 0 saturated carbocycles. The van der Waals surface area contributed by atoms with E-state index < -0.39 is 0 Å². The molecule has 0 aliphatic carbocycles. The summed E-state index contributed by atoms with van der Waals surface area (Å²) < 4.78 is 15.6. The van der Waals surface area contributed by atoms with Crippen molar-refractivity contribution in [2.45, 2.75) is 25.9 Å². The van der Waals surface area contributed by atoms with Gasteiger partial charge in [-0.25, -0.2) is 14.4 Å². The summed E-state index contributed by atoms with van der Waals surface area (Å²) in [7, 11) is 0. The van der Waals surface area contributed by atoms with E-state index in [0.717, 1.165) is 12.0 Å². The summed E-state index contributed by atoms with van der Waals surface area (Å²) in [6.45, 7) is 1.52. The zero-order chi connectivity index (χ0) is 24.2. The molecule has 178 valence electrons. The van der Waals surface area contributed by atoms with E-state index >= 15 is 0 Å². The van der Waals surface area contributed by atoms with Crippen molar-refractivity contribution in [2.75, 3.05) is 18.0 Å². The number of fused-ring (bicyclic) bond motifs is 1. The average Bonchev–Trinajstić information content (AvgIpc) is 2.90. The van der Waals surface area contributed by atoms with Gasteiger partial charge in [0.05, 0.1) is 12.5 Å². The van der Waals surface area contributed by atoms with Crippen LogP contribution in [0.5, 0.6) is 0 Å². The average molecular weight is 472 g/mol. The predicted octanol–water partition coefficient (Wildman–Crippen LogP) is 3.51. The van der Waals surface area contributed by atoms with Crippen molar-refractivity contribution in [1.82, 2.24) is 19.9 Å². The number of nitrogens with zero attached hydrogens (tertiary/aromatic N) is 4. The molecule has 0 radical (unpaired) electrons. The molecule has 2 aromatic carbocycles. The number of nitrogens with one attached hydrogen (secondary N) is 1. The van der Waals surface area contributed by atoms with Crippen LogP contribution in [-0.2, 0) is 17.9 Å². The highest BCUT2D eigenvalue weighted by Gasteiger charge is 2.29. The first-order chi connectivity index (χ1) is 17.1. The molecular weight excluding hydrogens is 445 g/mol. The third kappa shape index (κ3) is 4.91. The fourth-order valence-electron chi connectivity index (χ4n) is 4.53. The van der Waals surface area contributed by atoms with E-state index in [4.69, 9.17) is 0 Å². The molecule has 1 aliphatic heterocycles. The summed E-state index contributed by atoms with van der Waals surface area (Å²) in [6, 6.07) is 19.8. The first kappa shape index (κ1) is 22.7. The molecule has 1 atom stereocenters. The molecule has 0 unspecified atom stereocenters. The van der Waals surface area contributed by atoms with Crippen LogP contribution in [-0.4, -0.2) is 33.5 Å². The standard InChI is InChI=1S/C27H26FN5O2/c28-22-12-5-4-10-20(22)16-30-26(34)21-11-7-15-32(18-21)25-27(35)33(17-19-8-2-1-3-9-19)24-23(31-25)13-6-14-29-24/h1-6,8-10,12-14,21H,7,11,15-18H2,(H,30,34)/t21-/m1/s1. The highest BCUT2D eigenvalue weighted by Crippen LogP contribution is 2.22. The normalized spacial score (nSPS) is 15.8. The Balaban J connectivity index is 1.39. The smallest absolute Gasteiger partial charge is 0.295 e. The van der Waals surface area contributed by atoms with E-state index in [0.29, 0.717) is 48.6 Å². The van der Waals surface area contributed by atoms with Gasteiger partial charge in [-0.1, -0.05) is 48.5 Å². The van der Waals surface area contributed by atoms with Crippen LogP contribution >= 0.6 is 0 Å². The van der Waals surface area contributed by atoms with Crippen LogP contribution in [0, 0.1) is 11.7 Å². The lowest BCUT2D eigenvalue weighted by molar-refractivity contribution is -0.125. The molecule has 7 nitrogen and oxygen atoms in total. The Bertz CT molecular complexity index is 1410. The topological polar surface area (TPSA) is 80.1 Å². The first-order valence-electron chi connectivity index (χ1n) is 11.8. The van der Waals surface area contributed by atoms with Crippen LogP contribution in [0.4, 0.5) is 10.2 Å². The molecule has 0 spiro atoms. The minimum atomic E-state index is -0.342. The number of amides is 1. The predicted molar refractivity (Wildman–Crippen MR) is 133 cm³/mol. The summed E-state index contributed by atoms with van der Waals surface area (Å²) >= 11 is 0. The maximum atomic E-state index is 13.9. The molecule has 1 amide bonds. The molecule has 35 heavy (non-hydrogen) atoms. The van der Waals surface area contributed by atoms with Gasteiger partial charge in [0.1, 0.15) is 11.3 Å². The van der Waals surface area contributed by atoms with Crippen LogP contribution in [0.3, 0.4) is 0 Å². The molecular formula is C27H26FN5O2. The fraction of sp³-hybridized carbons (Fsp3) is 0.259. The maximum absolute atomic E-state index is 13.9. The van der Waals surface area contributed by atoms with E-state index in [2.05, 4.69) is 15.3 Å². The third-order valence-corrected chi connectivity index (χ3v) is 6.37. The molecule has 1 fully saturated rings. The van der Waals surface area contributed by atoms with Crippen LogP contribution < -0.4 is 15.8 Å². The van der Waals surface area contributed by atoms with Gasteiger partial charge in [-0.05, 0) is 36.6 Å². The molecule has 1 saturated heterocycles. The summed E-state index contributed by atoms with van der Waals surface area (Å²) in [5.41, 5.74) is 2.36. The molecule has 5 rings (SSSR count). The van der Waals surface area contributed by atoms with Crippen molar-refractivity contribution in [2.24, 2.45) is 5.92 Å². The lowest BCUT2D eigenvalue weighted by atomic mass is 9.97. The van der Waals surface area contributed by atoms with E-state index in [1.54, 1.807) is 35.0 Å². The summed E-state index contributed by atoms with van der Waals surface area (Å²) in [6.07, 6.45) is 3.11. The zero-order valence-corrected chi connectivity index (χ0v) is 19.2. The molecule has 1 N–H and O–H groups in total. The Morgan fingerprint density at radius 1 is 1.06 bits per heavy atom. The monoisotopic (exact) mass is 471 g/mol. The molecule has 0 bridgehead atoms. The van der Waals surface area contributed by atoms with Gasteiger partial charge in [0, 0.05) is 31.4 Å². The number of pyridine rings is 1. The number of hydrogen-bond acceptors (Lipinski definition) is 5. The number of piperidine rings is 1. The Hall–Kier alpha value is -4.07. The lowest BCUT2D eigenvalue weighted by Gasteiger charge is -2.32. The van der Waals surface area contributed by atoms with Crippen molar-refractivity contribution in [3.8, 4) is 0 Å². The van der Waals surface area contributed by atoms with Crippen molar-refractivity contribution in [1.29, 1.82) is 0 Å². The van der Waals surface area contributed by atoms with E-state index in [1.807, 2.05) is 41.3 Å². The Kier molecular flexibility index (Phi) is 6.52. The van der Waals surface area contributed by atoms with Crippen molar-refractivity contribution in [3.63, 3.8) is 0 Å². The number of carbonyl (C=O) groups is 1. The summed E-state index contributed by atoms with van der Waals surface area (Å²) in [5, 5.41) is 2.85. The largest absolute Gasteiger partial charge is 0.352 e. The second-order valence-corrected chi connectivity index (χ2v) is 8.75. The molecule has 3 heterocycles. The molecule has 2 aromatic heterocycles. The van der Waals surface area contributed by atoms with Crippen molar-refractivity contribution in [3.05, 3.63) is 100 Å². The molecule has 4 aromatic rings. The van der Waals surface area contributed by atoms with Crippen LogP contribution in [0.2, 0.25) is 0 Å². The number of halogens is 1. The van der Waals surface area contributed by atoms with Crippen LogP contribution in [0.25, 0.3) is 11.2 Å². The van der Waals surface area contributed by atoms with Gasteiger partial charge in [-0.3, -0.25) is 14.2 Å². The van der Waals surface area contributed by atoms with Crippen molar-refractivity contribution >= 4 is 22.9 Å². The summed E-state index contributed by atoms with van der Waals surface area (Å²) in [4.78, 5) is 37.4. The summed E-state index contributed by atoms with van der Waals surface area (Å²) in [5.74, 6) is -0.479. The SMILES string of the molecule is O=C(NCc1ccccc1F)[C@@H]1CCCN(c2nc3cccnc3n(Cc3ccccc3)c2=O)C1. The number of carbonyl (C=O) groups excluding carboxylic acids is 1. The lowest BCUT2D eigenvalue weighted by Crippen LogP contribution is -2.45. The number of aromatic nitrogens is 3. The first-order valence-corrected chi connectivity index (χ1v) is 11.8. The van der Waals surface area contributed by atoms with Gasteiger partial charge in [-0.2, -0.15) is 0 Å². The van der Waals surface area contributed by atoms with Gasteiger partial charge >= 0.3 is 0 Å². The maximum Gasteiger partial charge on any atom is 0.295 e. The highest BCUT2D eigenvalue weighted by molar-refractivity contribution is 5.79. The number of rotatable bonds is 6. The van der Waals surface area contributed by atoms with Gasteiger partial charge in [0.15, 0.2) is 11.5 Å². The minimum absolute atomic E-state index is 0.131. The van der Waals surface area contributed by atoms with E-state index in [-0.39, 0.29) is 29.7 Å². The van der Waals surface area contributed by atoms with Crippen molar-refractivity contribution < 1.29 is 9.18 Å². The second kappa shape index (κ2) is 10.0. The number of hydrogen-bond donors (Lipinski definition) is 1. The van der Waals surface area contributed by atoms with Crippen LogP contribution in [0.1, 0.15) is 24.0 Å². The third-order valence-electron chi connectivity index (χ3n) is 6.37. The Labute approximate surface area is 202 Å². The van der Waals surface area contributed by atoms with Crippen LogP contribution in [0.15, 0.2) is 77.7 Å². The quantitative estimate of drug-likeness (QED) is 0.466. The van der Waals surface area contributed by atoms with Gasteiger partial charge in [0.2, 0.25) is 5.91 Å². The van der Waals surface area contributed by atoms with E-state index in [1.165, 1.54) is 6.07 Å². The van der Waals surface area contributed by atoms with E-state index in [9.17, 15) is 14.0 Å². The fourth-order valence-corrected chi connectivity index (χ4v) is 4.53. The highest BCUT2D eigenvalue weighted by atomic mass is 19.1. The van der Waals surface area contributed by atoms with Gasteiger partial charge in [-0.15, -0.1) is 0 Å². The number of benzene rings is 2. The van der Waals surface area contributed by atoms with Gasteiger partial charge in [0.25, 0.3) is 5.56 Å². The number of anilines is 1. The Morgan fingerprint density at radius 3 is 2.69 bits per heavy atom. The minimum Gasteiger partial charge on any atom is -0.352 e. The second-order valence-electron chi connectivity index (χ2n) is 8.75. The van der Waals surface area contributed by atoms with Gasteiger partial charge < -0.3 is 10.2 Å².